The van der Waals surface area contributed by atoms with Crippen LogP contribution in [0.5, 0.6) is 0 Å². The molecule has 0 bridgehead atoms. The smallest absolute Gasteiger partial charge is 0.253 e. The summed E-state index contributed by atoms with van der Waals surface area (Å²) < 4.78 is 0. The number of nitrogen functional groups attached to an aromatic ring is 1. The second kappa shape index (κ2) is 5.57. The fourth-order valence-corrected chi connectivity index (χ4v) is 1.99. The molecule has 3 heteroatoms. The Labute approximate surface area is 113 Å². The van der Waals surface area contributed by atoms with E-state index in [-0.39, 0.29) is 11.9 Å². The monoisotopic (exact) mass is 254 g/mol. The van der Waals surface area contributed by atoms with Crippen molar-refractivity contribution in [2.24, 2.45) is 0 Å². The molecule has 0 saturated carbocycles. The first-order valence-corrected chi connectivity index (χ1v) is 6.30. The van der Waals surface area contributed by atoms with E-state index in [9.17, 15) is 4.79 Å². The van der Waals surface area contributed by atoms with Gasteiger partial charge in [-0.05, 0) is 37.1 Å². The van der Waals surface area contributed by atoms with Gasteiger partial charge in [-0.3, -0.25) is 4.79 Å². The third kappa shape index (κ3) is 3.13. The molecule has 1 amide bonds. The van der Waals surface area contributed by atoms with Crippen molar-refractivity contribution >= 4 is 11.6 Å². The number of nitrogens with two attached hydrogens (primary N) is 1. The van der Waals surface area contributed by atoms with Gasteiger partial charge in [-0.1, -0.05) is 36.4 Å². The van der Waals surface area contributed by atoms with Crippen molar-refractivity contribution in [1.29, 1.82) is 0 Å². The molecule has 0 heterocycles. The summed E-state index contributed by atoms with van der Waals surface area (Å²) in [6.07, 6.45) is 0. The second-order valence-electron chi connectivity index (χ2n) is 4.70. The lowest BCUT2D eigenvalue weighted by Crippen LogP contribution is -2.27. The first-order chi connectivity index (χ1) is 9.08. The third-order valence-corrected chi connectivity index (χ3v) is 3.10. The molecule has 0 aromatic heterocycles. The van der Waals surface area contributed by atoms with Gasteiger partial charge in [0.1, 0.15) is 0 Å². The fraction of sp³-hybridized carbons (Fsp3) is 0.188. The van der Waals surface area contributed by atoms with Crippen LogP contribution in [0.4, 0.5) is 5.69 Å². The van der Waals surface area contributed by atoms with Gasteiger partial charge in [0.15, 0.2) is 0 Å². The zero-order valence-electron chi connectivity index (χ0n) is 11.2. The molecule has 2 rings (SSSR count). The summed E-state index contributed by atoms with van der Waals surface area (Å²) >= 11 is 0. The van der Waals surface area contributed by atoms with Gasteiger partial charge >= 0.3 is 0 Å². The number of rotatable bonds is 3. The van der Waals surface area contributed by atoms with Crippen LogP contribution in [-0.4, -0.2) is 5.91 Å². The molecule has 0 saturated heterocycles. The number of anilines is 1. The van der Waals surface area contributed by atoms with Crippen LogP contribution in [0.25, 0.3) is 0 Å². The molecule has 0 aliphatic heterocycles. The number of aryl methyl sites for hydroxylation is 1. The predicted octanol–water partition coefficient (Wildman–Crippen LogP) is 3.07. The van der Waals surface area contributed by atoms with Crippen LogP contribution >= 0.6 is 0 Å². The molecule has 2 aromatic carbocycles. The fourth-order valence-electron chi connectivity index (χ4n) is 1.99. The van der Waals surface area contributed by atoms with Crippen LogP contribution in [0.3, 0.4) is 0 Å². The maximum Gasteiger partial charge on any atom is 0.253 e. The van der Waals surface area contributed by atoms with Gasteiger partial charge < -0.3 is 11.1 Å². The topological polar surface area (TPSA) is 55.1 Å². The van der Waals surface area contributed by atoms with E-state index in [2.05, 4.69) is 5.32 Å². The van der Waals surface area contributed by atoms with E-state index in [1.807, 2.05) is 56.3 Å². The van der Waals surface area contributed by atoms with Crippen LogP contribution < -0.4 is 11.1 Å². The lowest BCUT2D eigenvalue weighted by atomic mass is 10.1. The van der Waals surface area contributed by atoms with E-state index in [4.69, 9.17) is 5.73 Å². The molecule has 0 radical (unpaired) electrons. The summed E-state index contributed by atoms with van der Waals surface area (Å²) in [7, 11) is 0. The minimum atomic E-state index is -0.145. The highest BCUT2D eigenvalue weighted by Gasteiger charge is 2.13. The molecule has 19 heavy (non-hydrogen) atoms. The molecule has 3 nitrogen and oxygen atoms in total. The summed E-state index contributed by atoms with van der Waals surface area (Å²) in [5.41, 5.74) is 9.03. The van der Waals surface area contributed by atoms with Gasteiger partial charge in [-0.25, -0.2) is 0 Å². The highest BCUT2D eigenvalue weighted by molar-refractivity contribution is 5.99. The van der Waals surface area contributed by atoms with E-state index >= 15 is 0 Å². The zero-order valence-corrected chi connectivity index (χ0v) is 11.2. The molecular weight excluding hydrogens is 236 g/mol. The average Bonchev–Trinajstić information content (AvgIpc) is 2.39. The molecule has 0 spiro atoms. The lowest BCUT2D eigenvalue weighted by molar-refractivity contribution is 0.0941. The molecule has 2 aromatic rings. The van der Waals surface area contributed by atoms with E-state index in [0.29, 0.717) is 11.3 Å². The van der Waals surface area contributed by atoms with Crippen molar-refractivity contribution in [2.45, 2.75) is 19.9 Å². The Bertz CT molecular complexity index is 579. The molecule has 0 aliphatic rings. The van der Waals surface area contributed by atoms with Gasteiger partial charge in [-0.2, -0.15) is 0 Å². The van der Waals surface area contributed by atoms with Crippen molar-refractivity contribution < 1.29 is 4.79 Å². The largest absolute Gasteiger partial charge is 0.398 e. The highest BCUT2D eigenvalue weighted by Crippen LogP contribution is 2.16. The quantitative estimate of drug-likeness (QED) is 0.827. The summed E-state index contributed by atoms with van der Waals surface area (Å²) in [6, 6.07) is 15.3. The normalized spacial score (nSPS) is 11.9. The number of benzene rings is 2. The first kappa shape index (κ1) is 13.1. The molecule has 1 unspecified atom stereocenters. The molecule has 0 fully saturated rings. The third-order valence-electron chi connectivity index (χ3n) is 3.10. The van der Waals surface area contributed by atoms with Crippen LogP contribution in [0, 0.1) is 6.92 Å². The van der Waals surface area contributed by atoms with Gasteiger partial charge in [0.25, 0.3) is 5.91 Å². The standard InChI is InChI=1S/C16H18N2O/c1-11-8-9-14(15(17)10-11)16(19)18-12(2)13-6-4-3-5-7-13/h3-10,12H,17H2,1-2H3,(H,18,19). The van der Waals surface area contributed by atoms with E-state index in [1.54, 1.807) is 6.07 Å². The summed E-state index contributed by atoms with van der Waals surface area (Å²) in [5.74, 6) is -0.145. The second-order valence-corrected chi connectivity index (χ2v) is 4.70. The number of carbonyl (C=O) groups excluding carboxylic acids is 1. The Morgan fingerprint density at radius 3 is 2.47 bits per heavy atom. The summed E-state index contributed by atoms with van der Waals surface area (Å²) in [4.78, 5) is 12.2. The van der Waals surface area contributed by atoms with Gasteiger partial charge in [0.05, 0.1) is 11.6 Å². The van der Waals surface area contributed by atoms with Crippen LogP contribution in [0.1, 0.15) is 34.5 Å². The molecular formula is C16H18N2O. The Morgan fingerprint density at radius 1 is 1.16 bits per heavy atom. The first-order valence-electron chi connectivity index (χ1n) is 6.30. The Kier molecular flexibility index (Phi) is 3.85. The number of hydrogen-bond acceptors (Lipinski definition) is 2. The van der Waals surface area contributed by atoms with Crippen molar-refractivity contribution in [3.05, 3.63) is 65.2 Å². The summed E-state index contributed by atoms with van der Waals surface area (Å²) in [6.45, 7) is 3.91. The molecule has 98 valence electrons. The maximum absolute atomic E-state index is 12.2. The van der Waals surface area contributed by atoms with Crippen LogP contribution in [-0.2, 0) is 0 Å². The lowest BCUT2D eigenvalue weighted by Gasteiger charge is -2.15. The number of hydrogen-bond donors (Lipinski definition) is 2. The SMILES string of the molecule is Cc1ccc(C(=O)NC(C)c2ccccc2)c(N)c1. The van der Waals surface area contributed by atoms with Gasteiger partial charge in [0.2, 0.25) is 0 Å². The van der Waals surface area contributed by atoms with Gasteiger partial charge in [-0.15, -0.1) is 0 Å². The predicted molar refractivity (Wildman–Crippen MR) is 77.9 cm³/mol. The highest BCUT2D eigenvalue weighted by atomic mass is 16.1. The zero-order chi connectivity index (χ0) is 13.8. The van der Waals surface area contributed by atoms with Crippen molar-refractivity contribution in [1.82, 2.24) is 5.32 Å². The average molecular weight is 254 g/mol. The molecule has 0 aliphatic carbocycles. The minimum absolute atomic E-state index is 0.0468. The minimum Gasteiger partial charge on any atom is -0.398 e. The number of nitrogens with one attached hydrogen (secondary N) is 1. The van der Waals surface area contributed by atoms with E-state index < -0.39 is 0 Å². The maximum atomic E-state index is 12.2. The van der Waals surface area contributed by atoms with Crippen molar-refractivity contribution in [2.75, 3.05) is 5.73 Å². The summed E-state index contributed by atoms with van der Waals surface area (Å²) in [5, 5.41) is 2.95. The van der Waals surface area contributed by atoms with Crippen molar-refractivity contribution in [3.63, 3.8) is 0 Å². The van der Waals surface area contributed by atoms with Crippen LogP contribution in [0.15, 0.2) is 48.5 Å². The number of carbonyl (C=O) groups is 1. The Morgan fingerprint density at radius 2 is 1.84 bits per heavy atom. The van der Waals surface area contributed by atoms with Crippen LogP contribution in [0.2, 0.25) is 0 Å². The van der Waals surface area contributed by atoms with E-state index in [0.717, 1.165) is 11.1 Å². The molecule has 3 N–H and O–H groups in total. The Hall–Kier alpha value is -2.29. The van der Waals surface area contributed by atoms with Gasteiger partial charge in [0, 0.05) is 5.69 Å². The van der Waals surface area contributed by atoms with Crippen molar-refractivity contribution in [3.8, 4) is 0 Å². The number of amides is 1. The Balaban J connectivity index is 2.13. The van der Waals surface area contributed by atoms with E-state index in [1.165, 1.54) is 0 Å². The molecule has 1 atom stereocenters.